The van der Waals surface area contributed by atoms with Crippen LogP contribution in [-0.2, 0) is 12.6 Å². The highest BCUT2D eigenvalue weighted by molar-refractivity contribution is 7.13. The highest BCUT2D eigenvalue weighted by atomic mass is 32.1. The zero-order valence-electron chi connectivity index (χ0n) is 16.1. The van der Waals surface area contributed by atoms with E-state index in [-0.39, 0.29) is 35.6 Å². The van der Waals surface area contributed by atoms with E-state index in [4.69, 9.17) is 4.52 Å². The molecule has 158 valence electrons. The van der Waals surface area contributed by atoms with Gasteiger partial charge < -0.3 is 9.42 Å². The van der Waals surface area contributed by atoms with Gasteiger partial charge in [0.25, 0.3) is 5.91 Å². The largest absolute Gasteiger partial charge is 0.433 e. The van der Waals surface area contributed by atoms with Crippen LogP contribution in [0, 0.1) is 0 Å². The third-order valence-electron chi connectivity index (χ3n) is 5.01. The Morgan fingerprint density at radius 2 is 2.17 bits per heavy atom. The van der Waals surface area contributed by atoms with Crippen LogP contribution in [0.2, 0.25) is 0 Å². The number of carbonyl (C=O) groups is 1. The minimum atomic E-state index is -4.58. The molecule has 10 heteroatoms. The lowest BCUT2D eigenvalue weighted by molar-refractivity contribution is -0.141. The number of hydrogen-bond donors (Lipinski definition) is 0. The molecule has 0 unspecified atom stereocenters. The van der Waals surface area contributed by atoms with Crippen molar-refractivity contribution in [2.45, 2.75) is 38.3 Å². The first-order chi connectivity index (χ1) is 14.3. The zero-order chi connectivity index (χ0) is 21.3. The van der Waals surface area contributed by atoms with Crippen LogP contribution in [0.25, 0.3) is 10.6 Å². The van der Waals surface area contributed by atoms with Crippen molar-refractivity contribution in [3.63, 3.8) is 0 Å². The van der Waals surface area contributed by atoms with E-state index in [1.54, 1.807) is 28.5 Å². The van der Waals surface area contributed by atoms with Crippen LogP contribution in [0.3, 0.4) is 0 Å². The van der Waals surface area contributed by atoms with Crippen molar-refractivity contribution in [1.29, 1.82) is 0 Å². The molecule has 1 amide bonds. The molecule has 1 atom stereocenters. The Morgan fingerprint density at radius 1 is 1.33 bits per heavy atom. The number of likely N-dealkylation sites (tertiary alicyclic amines) is 1. The van der Waals surface area contributed by atoms with Gasteiger partial charge in [0.1, 0.15) is 17.3 Å². The molecule has 3 aromatic heterocycles. The van der Waals surface area contributed by atoms with Gasteiger partial charge in [-0.15, -0.1) is 11.3 Å². The standard InChI is InChI=1S/C20H19F3N4O2S/c1-2-13-9-15(26-29-13)19(28)27-7-3-5-12(11-27)18-24-14(16-6-4-8-30-16)10-17(25-18)20(21,22)23/h4,6,8-10,12H,2-3,5,7,11H2,1H3/t12-/m0/s1. The molecule has 0 saturated carbocycles. The average molecular weight is 436 g/mol. The number of thiophene rings is 1. The Balaban J connectivity index is 1.62. The number of aryl methyl sites for hydroxylation is 1. The molecule has 0 radical (unpaired) electrons. The van der Waals surface area contributed by atoms with Gasteiger partial charge in [0.05, 0.1) is 10.6 Å². The average Bonchev–Trinajstić information content (AvgIpc) is 3.44. The molecule has 4 rings (SSSR count). The van der Waals surface area contributed by atoms with Gasteiger partial charge in [0.2, 0.25) is 0 Å². The molecule has 0 spiro atoms. The Morgan fingerprint density at radius 3 is 2.83 bits per heavy atom. The zero-order valence-corrected chi connectivity index (χ0v) is 17.0. The van der Waals surface area contributed by atoms with E-state index in [9.17, 15) is 18.0 Å². The molecule has 30 heavy (non-hydrogen) atoms. The fourth-order valence-corrected chi connectivity index (χ4v) is 4.15. The number of hydrogen-bond acceptors (Lipinski definition) is 6. The van der Waals surface area contributed by atoms with Crippen LogP contribution < -0.4 is 0 Å². The van der Waals surface area contributed by atoms with Crippen molar-refractivity contribution < 1.29 is 22.5 Å². The number of piperidine rings is 1. The van der Waals surface area contributed by atoms with Crippen molar-refractivity contribution in [2.75, 3.05) is 13.1 Å². The van der Waals surface area contributed by atoms with Crippen molar-refractivity contribution in [3.8, 4) is 10.6 Å². The number of carbonyl (C=O) groups excluding carboxylic acids is 1. The van der Waals surface area contributed by atoms with Crippen molar-refractivity contribution in [3.05, 3.63) is 52.6 Å². The number of alkyl halides is 3. The Bertz CT molecular complexity index is 1030. The summed E-state index contributed by atoms with van der Waals surface area (Å²) >= 11 is 1.32. The Kier molecular flexibility index (Phi) is 5.59. The molecule has 0 aliphatic carbocycles. The topological polar surface area (TPSA) is 72.1 Å². The van der Waals surface area contributed by atoms with Crippen LogP contribution in [0.1, 0.15) is 53.5 Å². The van der Waals surface area contributed by atoms with E-state index >= 15 is 0 Å². The van der Waals surface area contributed by atoms with Gasteiger partial charge in [0.15, 0.2) is 5.69 Å². The monoisotopic (exact) mass is 436 g/mol. The molecular formula is C20H19F3N4O2S. The van der Waals surface area contributed by atoms with E-state index in [1.165, 1.54) is 11.3 Å². The Hall–Kier alpha value is -2.75. The second kappa shape index (κ2) is 8.17. The first-order valence-electron chi connectivity index (χ1n) is 9.60. The van der Waals surface area contributed by atoms with Crippen molar-refractivity contribution in [1.82, 2.24) is 20.0 Å². The van der Waals surface area contributed by atoms with Gasteiger partial charge >= 0.3 is 6.18 Å². The molecule has 1 aliphatic heterocycles. The van der Waals surface area contributed by atoms with Crippen LogP contribution >= 0.6 is 11.3 Å². The van der Waals surface area contributed by atoms with E-state index in [0.717, 1.165) is 6.07 Å². The first-order valence-corrected chi connectivity index (χ1v) is 10.5. The van der Waals surface area contributed by atoms with Crippen molar-refractivity contribution >= 4 is 17.2 Å². The van der Waals surface area contributed by atoms with Gasteiger partial charge in [-0.1, -0.05) is 18.1 Å². The minimum absolute atomic E-state index is 0.111. The second-order valence-electron chi connectivity index (χ2n) is 7.09. The summed E-state index contributed by atoms with van der Waals surface area (Å²) in [6, 6.07) is 6.06. The predicted molar refractivity (Wildman–Crippen MR) is 104 cm³/mol. The maximum Gasteiger partial charge on any atom is 0.433 e. The second-order valence-corrected chi connectivity index (χ2v) is 8.04. The summed E-state index contributed by atoms with van der Waals surface area (Å²) in [4.78, 5) is 23.2. The molecule has 4 heterocycles. The van der Waals surface area contributed by atoms with Gasteiger partial charge in [-0.3, -0.25) is 4.79 Å². The van der Waals surface area contributed by atoms with E-state index in [2.05, 4.69) is 15.1 Å². The molecule has 0 bridgehead atoms. The maximum absolute atomic E-state index is 13.4. The lowest BCUT2D eigenvalue weighted by Crippen LogP contribution is -2.39. The van der Waals surface area contributed by atoms with Crippen LogP contribution in [0.15, 0.2) is 34.2 Å². The number of aromatic nitrogens is 3. The van der Waals surface area contributed by atoms with Gasteiger partial charge in [-0.05, 0) is 30.4 Å². The molecule has 1 aliphatic rings. The summed E-state index contributed by atoms with van der Waals surface area (Å²) in [5, 5.41) is 5.59. The number of nitrogens with zero attached hydrogens (tertiary/aromatic N) is 4. The summed E-state index contributed by atoms with van der Waals surface area (Å²) in [5.74, 6) is 0.0312. The third kappa shape index (κ3) is 4.23. The van der Waals surface area contributed by atoms with Crippen LogP contribution in [0.5, 0.6) is 0 Å². The molecule has 1 fully saturated rings. The quantitative estimate of drug-likeness (QED) is 0.588. The highest BCUT2D eigenvalue weighted by Gasteiger charge is 2.36. The van der Waals surface area contributed by atoms with Gasteiger partial charge in [-0.2, -0.15) is 13.2 Å². The smallest absolute Gasteiger partial charge is 0.361 e. The summed E-state index contributed by atoms with van der Waals surface area (Å²) in [6.45, 7) is 2.63. The minimum Gasteiger partial charge on any atom is -0.361 e. The summed E-state index contributed by atoms with van der Waals surface area (Å²) in [7, 11) is 0. The molecule has 0 N–H and O–H groups in total. The molecule has 0 aromatic carbocycles. The predicted octanol–water partition coefficient (Wildman–Crippen LogP) is 4.79. The number of halogens is 3. The molecular weight excluding hydrogens is 417 g/mol. The molecule has 6 nitrogen and oxygen atoms in total. The number of amides is 1. The van der Waals surface area contributed by atoms with E-state index < -0.39 is 11.9 Å². The third-order valence-corrected chi connectivity index (χ3v) is 5.90. The van der Waals surface area contributed by atoms with Crippen LogP contribution in [-0.4, -0.2) is 39.0 Å². The lowest BCUT2D eigenvalue weighted by Gasteiger charge is -2.31. The van der Waals surface area contributed by atoms with Crippen molar-refractivity contribution in [2.24, 2.45) is 0 Å². The summed E-state index contributed by atoms with van der Waals surface area (Å²) < 4.78 is 45.4. The van der Waals surface area contributed by atoms with E-state index in [0.29, 0.717) is 36.4 Å². The van der Waals surface area contributed by atoms with E-state index in [1.807, 2.05) is 6.92 Å². The summed E-state index contributed by atoms with van der Waals surface area (Å²) in [5.41, 5.74) is -0.518. The molecule has 3 aromatic rings. The fraction of sp³-hybridized carbons (Fsp3) is 0.400. The van der Waals surface area contributed by atoms with Gasteiger partial charge in [-0.25, -0.2) is 9.97 Å². The Labute approximate surface area is 174 Å². The first kappa shape index (κ1) is 20.5. The number of rotatable bonds is 4. The fourth-order valence-electron chi connectivity index (χ4n) is 3.46. The van der Waals surface area contributed by atoms with Crippen LogP contribution in [0.4, 0.5) is 13.2 Å². The molecule has 1 saturated heterocycles. The highest BCUT2D eigenvalue weighted by Crippen LogP contribution is 2.34. The summed E-state index contributed by atoms with van der Waals surface area (Å²) in [6.07, 6.45) is -2.71. The normalized spacial score (nSPS) is 17.3. The van der Waals surface area contributed by atoms with Gasteiger partial charge in [0, 0.05) is 31.5 Å². The maximum atomic E-state index is 13.4. The SMILES string of the molecule is CCc1cc(C(=O)N2CCC[C@H](c3nc(-c4cccs4)cc(C(F)(F)F)n3)C2)no1. The lowest BCUT2D eigenvalue weighted by atomic mass is 9.96.